The van der Waals surface area contributed by atoms with E-state index in [1.54, 1.807) is 43.6 Å². The second-order valence-corrected chi connectivity index (χ2v) is 6.61. The lowest BCUT2D eigenvalue weighted by molar-refractivity contribution is 0.0526. The van der Waals surface area contributed by atoms with Gasteiger partial charge in [-0.1, -0.05) is 6.92 Å². The number of benzene rings is 1. The summed E-state index contributed by atoms with van der Waals surface area (Å²) in [4.78, 5) is 33.2. The summed E-state index contributed by atoms with van der Waals surface area (Å²) in [6.45, 7) is 9.20. The Bertz CT molecular complexity index is 815. The number of nitrogens with zero attached hydrogens (tertiary/aromatic N) is 3. The average Bonchev–Trinajstić information content (AvgIpc) is 2.74. The van der Waals surface area contributed by atoms with Crippen LogP contribution < -0.4 is 10.2 Å². The summed E-state index contributed by atoms with van der Waals surface area (Å²) in [5.74, 6) is -0.606. The van der Waals surface area contributed by atoms with Crippen LogP contribution in [0.25, 0.3) is 0 Å². The molecule has 2 aromatic rings. The standard InChI is InChI=1S/C21H26N4O3/c1-3-24-9-11-25(12-10-24)19-13-17(14-22-15-19)20(26)23-18-7-5-16(6-8-18)21(27)28-4-2/h5-8,13-15H,3-4,9-12H2,1-2H3,(H,23,26). The Morgan fingerprint density at radius 3 is 2.39 bits per heavy atom. The minimum absolute atomic E-state index is 0.231. The van der Waals surface area contributed by atoms with Gasteiger partial charge in [0.1, 0.15) is 0 Å². The molecule has 1 aromatic heterocycles. The first-order chi connectivity index (χ1) is 13.6. The molecule has 28 heavy (non-hydrogen) atoms. The van der Waals surface area contributed by atoms with E-state index < -0.39 is 0 Å². The van der Waals surface area contributed by atoms with Gasteiger partial charge in [-0.05, 0) is 43.8 Å². The van der Waals surface area contributed by atoms with Crippen molar-refractivity contribution in [1.82, 2.24) is 9.88 Å². The van der Waals surface area contributed by atoms with Crippen LogP contribution in [0, 0.1) is 0 Å². The zero-order valence-corrected chi connectivity index (χ0v) is 16.4. The average molecular weight is 382 g/mol. The zero-order valence-electron chi connectivity index (χ0n) is 16.4. The number of nitrogens with one attached hydrogen (secondary N) is 1. The minimum Gasteiger partial charge on any atom is -0.462 e. The number of likely N-dealkylation sites (N-methyl/N-ethyl adjacent to an activating group) is 1. The Morgan fingerprint density at radius 2 is 1.75 bits per heavy atom. The Hall–Kier alpha value is -2.93. The highest BCUT2D eigenvalue weighted by molar-refractivity contribution is 6.04. The first kappa shape index (κ1) is 19.8. The topological polar surface area (TPSA) is 74.8 Å². The van der Waals surface area contributed by atoms with Crippen LogP contribution in [0.1, 0.15) is 34.6 Å². The number of carbonyl (C=O) groups excluding carboxylic acids is 2. The molecule has 1 aliphatic rings. The van der Waals surface area contributed by atoms with E-state index in [4.69, 9.17) is 4.74 Å². The molecule has 1 aromatic carbocycles. The van der Waals surface area contributed by atoms with Gasteiger partial charge in [0.25, 0.3) is 5.91 Å². The number of aromatic nitrogens is 1. The summed E-state index contributed by atoms with van der Waals surface area (Å²) in [5.41, 5.74) is 2.53. The fraction of sp³-hybridized carbons (Fsp3) is 0.381. The highest BCUT2D eigenvalue weighted by Crippen LogP contribution is 2.18. The lowest BCUT2D eigenvalue weighted by Crippen LogP contribution is -2.46. The van der Waals surface area contributed by atoms with Crippen molar-refractivity contribution in [3.63, 3.8) is 0 Å². The van der Waals surface area contributed by atoms with Gasteiger partial charge in [-0.2, -0.15) is 0 Å². The molecule has 0 saturated carbocycles. The summed E-state index contributed by atoms with van der Waals surface area (Å²) in [7, 11) is 0. The zero-order chi connectivity index (χ0) is 19.9. The van der Waals surface area contributed by atoms with E-state index >= 15 is 0 Å². The molecular weight excluding hydrogens is 356 g/mol. The maximum Gasteiger partial charge on any atom is 0.338 e. The number of hydrogen-bond acceptors (Lipinski definition) is 6. The summed E-state index contributed by atoms with van der Waals surface area (Å²) in [6, 6.07) is 8.51. The number of anilines is 2. The molecule has 3 rings (SSSR count). The summed E-state index contributed by atoms with van der Waals surface area (Å²) in [5, 5.41) is 2.84. The lowest BCUT2D eigenvalue weighted by Gasteiger charge is -2.35. The van der Waals surface area contributed by atoms with Crippen LogP contribution in [0.3, 0.4) is 0 Å². The van der Waals surface area contributed by atoms with E-state index in [1.165, 1.54) is 0 Å². The Balaban J connectivity index is 1.64. The Kier molecular flexibility index (Phi) is 6.60. The summed E-state index contributed by atoms with van der Waals surface area (Å²) < 4.78 is 4.96. The molecule has 1 fully saturated rings. The predicted octanol–water partition coefficient (Wildman–Crippen LogP) is 2.65. The molecule has 1 N–H and O–H groups in total. The molecule has 7 nitrogen and oxygen atoms in total. The van der Waals surface area contributed by atoms with Gasteiger partial charge in [0.15, 0.2) is 0 Å². The smallest absolute Gasteiger partial charge is 0.338 e. The predicted molar refractivity (Wildman–Crippen MR) is 109 cm³/mol. The van der Waals surface area contributed by atoms with Crippen molar-refractivity contribution < 1.29 is 14.3 Å². The van der Waals surface area contributed by atoms with Crippen molar-refractivity contribution in [3.8, 4) is 0 Å². The Labute approximate surface area is 165 Å². The van der Waals surface area contributed by atoms with E-state index in [0.29, 0.717) is 23.4 Å². The third-order valence-corrected chi connectivity index (χ3v) is 4.82. The maximum atomic E-state index is 12.6. The SMILES string of the molecule is CCOC(=O)c1ccc(NC(=O)c2cncc(N3CCN(CC)CC3)c2)cc1. The van der Waals surface area contributed by atoms with Gasteiger partial charge in [0, 0.05) is 38.1 Å². The van der Waals surface area contributed by atoms with Crippen LogP contribution in [0.15, 0.2) is 42.7 Å². The monoisotopic (exact) mass is 382 g/mol. The van der Waals surface area contributed by atoms with E-state index in [-0.39, 0.29) is 11.9 Å². The van der Waals surface area contributed by atoms with Crippen molar-refractivity contribution in [2.24, 2.45) is 0 Å². The van der Waals surface area contributed by atoms with Gasteiger partial charge in [-0.25, -0.2) is 4.79 Å². The van der Waals surface area contributed by atoms with Crippen molar-refractivity contribution in [2.45, 2.75) is 13.8 Å². The molecule has 0 bridgehead atoms. The van der Waals surface area contributed by atoms with E-state index in [1.807, 2.05) is 6.07 Å². The molecule has 1 amide bonds. The van der Waals surface area contributed by atoms with Gasteiger partial charge in [0.05, 0.1) is 29.6 Å². The van der Waals surface area contributed by atoms with Crippen LogP contribution in [0.4, 0.5) is 11.4 Å². The van der Waals surface area contributed by atoms with Crippen molar-refractivity contribution in [1.29, 1.82) is 0 Å². The van der Waals surface area contributed by atoms with Crippen LogP contribution in [0.5, 0.6) is 0 Å². The van der Waals surface area contributed by atoms with E-state index in [9.17, 15) is 9.59 Å². The van der Waals surface area contributed by atoms with Crippen molar-refractivity contribution in [3.05, 3.63) is 53.9 Å². The van der Waals surface area contributed by atoms with Crippen LogP contribution in [-0.4, -0.2) is 61.1 Å². The molecule has 0 unspecified atom stereocenters. The van der Waals surface area contributed by atoms with Gasteiger partial charge < -0.3 is 19.9 Å². The number of carbonyl (C=O) groups is 2. The fourth-order valence-corrected chi connectivity index (χ4v) is 3.15. The largest absolute Gasteiger partial charge is 0.462 e. The molecular formula is C21H26N4O3. The second-order valence-electron chi connectivity index (χ2n) is 6.61. The number of esters is 1. The molecule has 1 aliphatic heterocycles. The number of hydrogen-bond donors (Lipinski definition) is 1. The highest BCUT2D eigenvalue weighted by atomic mass is 16.5. The molecule has 0 atom stereocenters. The molecule has 2 heterocycles. The van der Waals surface area contributed by atoms with Crippen molar-refractivity contribution >= 4 is 23.3 Å². The number of piperazine rings is 1. The first-order valence-electron chi connectivity index (χ1n) is 9.61. The van der Waals surface area contributed by atoms with E-state index in [2.05, 4.69) is 27.0 Å². The molecule has 0 spiro atoms. The maximum absolute atomic E-state index is 12.6. The quantitative estimate of drug-likeness (QED) is 0.774. The number of rotatable bonds is 6. The Morgan fingerprint density at radius 1 is 1.04 bits per heavy atom. The number of ether oxygens (including phenoxy) is 1. The molecule has 0 aliphatic carbocycles. The summed E-state index contributed by atoms with van der Waals surface area (Å²) >= 11 is 0. The fourth-order valence-electron chi connectivity index (χ4n) is 3.15. The second kappa shape index (κ2) is 9.32. The van der Waals surface area contributed by atoms with Gasteiger partial charge in [0.2, 0.25) is 0 Å². The van der Waals surface area contributed by atoms with E-state index in [0.717, 1.165) is 38.4 Å². The van der Waals surface area contributed by atoms with Crippen LogP contribution >= 0.6 is 0 Å². The molecule has 0 radical (unpaired) electrons. The third kappa shape index (κ3) is 4.86. The van der Waals surface area contributed by atoms with Gasteiger partial charge >= 0.3 is 5.97 Å². The number of amides is 1. The lowest BCUT2D eigenvalue weighted by atomic mass is 10.2. The highest BCUT2D eigenvalue weighted by Gasteiger charge is 2.17. The normalized spacial score (nSPS) is 14.6. The van der Waals surface area contributed by atoms with Crippen molar-refractivity contribution in [2.75, 3.05) is 49.5 Å². The van der Waals surface area contributed by atoms with Gasteiger partial charge in [-0.15, -0.1) is 0 Å². The molecule has 1 saturated heterocycles. The summed E-state index contributed by atoms with van der Waals surface area (Å²) in [6.07, 6.45) is 3.36. The molecule has 7 heteroatoms. The van der Waals surface area contributed by atoms with Crippen LogP contribution in [0.2, 0.25) is 0 Å². The third-order valence-electron chi connectivity index (χ3n) is 4.82. The first-order valence-corrected chi connectivity index (χ1v) is 9.61. The van der Waals surface area contributed by atoms with Gasteiger partial charge in [-0.3, -0.25) is 9.78 Å². The molecule has 148 valence electrons. The van der Waals surface area contributed by atoms with Crippen LogP contribution in [-0.2, 0) is 4.74 Å². The number of pyridine rings is 1. The minimum atomic E-state index is -0.375.